The van der Waals surface area contributed by atoms with Gasteiger partial charge in [-0.05, 0) is 93.9 Å². The minimum atomic E-state index is -0.589. The lowest BCUT2D eigenvalue weighted by Crippen LogP contribution is -2.43. The fourth-order valence-corrected chi connectivity index (χ4v) is 4.77. The van der Waals surface area contributed by atoms with E-state index >= 15 is 0 Å². The van der Waals surface area contributed by atoms with E-state index < -0.39 is 10.8 Å². The van der Waals surface area contributed by atoms with Gasteiger partial charge in [-0.15, -0.1) is 0 Å². The number of hydrogen-bond donors (Lipinski definition) is 0. The topological polar surface area (TPSA) is 17.1 Å². The number of Topliss-reactive ketones (excluding diaryl/α,β-unsaturated/α-hetero) is 1. The van der Waals surface area contributed by atoms with Gasteiger partial charge in [-0.1, -0.05) is 69.9 Å². The molecule has 0 fully saturated rings. The molecular weight excluding hydrogens is 364 g/mol. The van der Waals surface area contributed by atoms with Gasteiger partial charge in [-0.3, -0.25) is 4.79 Å². The zero-order valence-electron chi connectivity index (χ0n) is 20.6. The van der Waals surface area contributed by atoms with Crippen LogP contribution in [0.4, 0.5) is 0 Å². The van der Waals surface area contributed by atoms with Crippen molar-refractivity contribution in [2.75, 3.05) is 0 Å². The van der Waals surface area contributed by atoms with Gasteiger partial charge in [-0.2, -0.15) is 0 Å². The maximum Gasteiger partial charge on any atom is 0.160 e. The molecule has 2 unspecified atom stereocenters. The first-order valence-electron chi connectivity index (χ1n) is 11.6. The van der Waals surface area contributed by atoms with E-state index in [4.69, 9.17) is 0 Å². The number of allylic oxidation sites excluding steroid dienone is 12. The van der Waals surface area contributed by atoms with Crippen LogP contribution in [-0.4, -0.2) is 5.78 Å². The van der Waals surface area contributed by atoms with Gasteiger partial charge < -0.3 is 0 Å². The maximum atomic E-state index is 14.5. The highest BCUT2D eigenvalue weighted by molar-refractivity contribution is 5.99. The van der Waals surface area contributed by atoms with Crippen molar-refractivity contribution in [2.24, 2.45) is 10.8 Å². The minimum Gasteiger partial charge on any atom is -0.297 e. The summed E-state index contributed by atoms with van der Waals surface area (Å²) in [7, 11) is 0. The van der Waals surface area contributed by atoms with E-state index in [1.54, 1.807) is 0 Å². The summed E-state index contributed by atoms with van der Waals surface area (Å²) in [6.07, 6.45) is 19.6. The van der Waals surface area contributed by atoms with E-state index in [1.807, 2.05) is 0 Å². The largest absolute Gasteiger partial charge is 0.297 e. The predicted octanol–water partition coefficient (Wildman–Crippen LogP) is 8.61. The van der Waals surface area contributed by atoms with Crippen molar-refractivity contribution in [1.29, 1.82) is 0 Å². The lowest BCUT2D eigenvalue weighted by Gasteiger charge is -2.42. The molecule has 0 bridgehead atoms. The number of carbonyl (C=O) groups is 1. The number of carbonyl (C=O) groups excluding carboxylic acids is 1. The summed E-state index contributed by atoms with van der Waals surface area (Å²) in [5.74, 6) is 0.308. The van der Waals surface area contributed by atoms with E-state index in [-0.39, 0.29) is 0 Å². The Labute approximate surface area is 185 Å². The van der Waals surface area contributed by atoms with Crippen LogP contribution in [0.2, 0.25) is 0 Å². The Hall–Kier alpha value is -1.89. The highest BCUT2D eigenvalue weighted by Gasteiger charge is 2.48. The maximum absolute atomic E-state index is 14.5. The Bertz CT molecular complexity index is 785. The van der Waals surface area contributed by atoms with Crippen molar-refractivity contribution in [3.63, 3.8) is 0 Å². The second-order valence-electron chi connectivity index (χ2n) is 9.78. The molecule has 2 atom stereocenters. The predicted molar refractivity (Wildman–Crippen MR) is 131 cm³/mol. The molecule has 0 amide bonds. The van der Waals surface area contributed by atoms with E-state index in [0.717, 1.165) is 38.5 Å². The van der Waals surface area contributed by atoms with Crippen molar-refractivity contribution in [2.45, 2.75) is 93.9 Å². The summed E-state index contributed by atoms with van der Waals surface area (Å²) in [5, 5.41) is 0. The normalized spacial score (nSPS) is 29.5. The second-order valence-corrected chi connectivity index (χ2v) is 9.78. The molecule has 2 rings (SSSR count). The summed E-state index contributed by atoms with van der Waals surface area (Å²) in [6.45, 7) is 17.3. The van der Waals surface area contributed by atoms with E-state index in [2.05, 4.69) is 91.8 Å². The van der Waals surface area contributed by atoms with Crippen molar-refractivity contribution < 1.29 is 4.79 Å². The molecule has 0 radical (unpaired) electrons. The van der Waals surface area contributed by atoms with Crippen molar-refractivity contribution >= 4 is 5.78 Å². The Morgan fingerprint density at radius 1 is 0.600 bits per heavy atom. The van der Waals surface area contributed by atoms with Crippen molar-refractivity contribution in [3.8, 4) is 0 Å². The molecule has 0 aromatic rings. The first-order valence-corrected chi connectivity index (χ1v) is 11.6. The Morgan fingerprint density at radius 3 is 1.30 bits per heavy atom. The zero-order chi connectivity index (χ0) is 22.5. The second kappa shape index (κ2) is 9.94. The number of rotatable bonds is 2. The summed E-state index contributed by atoms with van der Waals surface area (Å²) in [6, 6.07) is 0. The zero-order valence-corrected chi connectivity index (χ0v) is 20.6. The molecule has 0 saturated heterocycles. The van der Waals surface area contributed by atoms with Crippen LogP contribution in [0.3, 0.4) is 0 Å². The third-order valence-corrected chi connectivity index (χ3v) is 7.82. The molecular formula is C29H42O. The fourth-order valence-electron chi connectivity index (χ4n) is 4.77. The lowest BCUT2D eigenvalue weighted by atomic mass is 9.59. The van der Waals surface area contributed by atoms with Crippen LogP contribution in [0.5, 0.6) is 0 Å². The van der Waals surface area contributed by atoms with Crippen LogP contribution in [-0.2, 0) is 4.79 Å². The van der Waals surface area contributed by atoms with E-state index in [1.165, 1.54) is 33.4 Å². The summed E-state index contributed by atoms with van der Waals surface area (Å²) in [4.78, 5) is 14.5. The third-order valence-electron chi connectivity index (χ3n) is 7.82. The Kier molecular flexibility index (Phi) is 8.08. The molecule has 0 aromatic carbocycles. The monoisotopic (exact) mass is 406 g/mol. The summed E-state index contributed by atoms with van der Waals surface area (Å²) in [5.41, 5.74) is 6.39. The van der Waals surface area contributed by atoms with Crippen LogP contribution in [0.25, 0.3) is 0 Å². The van der Waals surface area contributed by atoms with Crippen molar-refractivity contribution in [1.82, 2.24) is 0 Å². The first kappa shape index (κ1) is 24.4. The third kappa shape index (κ3) is 4.88. The van der Waals surface area contributed by atoms with Crippen LogP contribution in [0.1, 0.15) is 93.9 Å². The van der Waals surface area contributed by atoms with Gasteiger partial charge in [0.2, 0.25) is 0 Å². The van der Waals surface area contributed by atoms with Crippen molar-refractivity contribution in [3.05, 3.63) is 69.9 Å². The van der Waals surface area contributed by atoms with Gasteiger partial charge in [-0.25, -0.2) is 0 Å². The molecule has 2 aliphatic rings. The first-order chi connectivity index (χ1) is 14.0. The number of ketones is 1. The summed E-state index contributed by atoms with van der Waals surface area (Å²) >= 11 is 0. The molecule has 164 valence electrons. The van der Waals surface area contributed by atoms with Crippen LogP contribution in [0, 0.1) is 10.8 Å². The Balaban J connectivity index is 2.64. The molecule has 1 heteroatoms. The fraction of sp³-hybridized carbons (Fsp3) is 0.552. The molecule has 2 aliphatic carbocycles. The minimum absolute atomic E-state index is 0.308. The highest BCUT2D eigenvalue weighted by Crippen LogP contribution is 2.48. The molecule has 30 heavy (non-hydrogen) atoms. The SMILES string of the molecule is CC1=CCC=C(C)C(C)(C(=O)C2(C)C(C)=CCC=C(C)CCC=C2C)C(C)=CCC1. The van der Waals surface area contributed by atoms with Gasteiger partial charge in [0, 0.05) is 0 Å². The summed E-state index contributed by atoms with van der Waals surface area (Å²) < 4.78 is 0. The highest BCUT2D eigenvalue weighted by atomic mass is 16.1. The van der Waals surface area contributed by atoms with Crippen LogP contribution in [0.15, 0.2) is 69.9 Å². The molecule has 0 heterocycles. The van der Waals surface area contributed by atoms with E-state index in [0.29, 0.717) is 5.78 Å². The van der Waals surface area contributed by atoms with E-state index in [9.17, 15) is 4.79 Å². The standard InChI is InChI=1S/C29H42O/c1-21-13-9-17-23(3)28(7,24(4)18-10-14-21)27(30)29(8)25(5)19-11-15-22(2)16-12-20-26(29)6/h13,15,17-20H,9-12,14,16H2,1-8H3. The Morgan fingerprint density at radius 2 is 0.933 bits per heavy atom. The molecule has 1 nitrogen and oxygen atoms in total. The van der Waals surface area contributed by atoms with Crippen LogP contribution < -0.4 is 0 Å². The van der Waals surface area contributed by atoms with Gasteiger partial charge in [0.05, 0.1) is 10.8 Å². The van der Waals surface area contributed by atoms with Gasteiger partial charge in [0.25, 0.3) is 0 Å². The quantitative estimate of drug-likeness (QED) is 0.419. The van der Waals surface area contributed by atoms with Crippen LogP contribution >= 0.6 is 0 Å². The van der Waals surface area contributed by atoms with Gasteiger partial charge >= 0.3 is 0 Å². The van der Waals surface area contributed by atoms with Gasteiger partial charge in [0.15, 0.2) is 5.78 Å². The molecule has 0 spiro atoms. The molecule has 0 saturated carbocycles. The molecule has 0 aliphatic heterocycles. The molecule has 0 aromatic heterocycles. The number of hydrogen-bond acceptors (Lipinski definition) is 1. The van der Waals surface area contributed by atoms with Gasteiger partial charge in [0.1, 0.15) is 0 Å². The average molecular weight is 407 g/mol. The lowest BCUT2D eigenvalue weighted by molar-refractivity contribution is -0.130. The smallest absolute Gasteiger partial charge is 0.160 e. The molecule has 0 N–H and O–H groups in total. The average Bonchev–Trinajstić information content (AvgIpc) is 2.70.